The molecule has 2 amide bonds. The van der Waals surface area contributed by atoms with Crippen molar-refractivity contribution < 1.29 is 22.8 Å². The molecule has 1 saturated heterocycles. The molecule has 7 heteroatoms. The molecule has 0 saturated carbocycles. The lowest BCUT2D eigenvalue weighted by molar-refractivity contribution is -0.137. The number of nitrogens with zero attached hydrogens (tertiary/aromatic N) is 1. The summed E-state index contributed by atoms with van der Waals surface area (Å²) in [6, 6.07) is 4.62. The number of benzene rings is 1. The molecule has 1 aliphatic heterocycles. The molecule has 120 valence electrons. The standard InChI is InChI=1S/C15H17F3N2O2/c16-15(17,18)12-5-3-4-11(8-12)9-13(21)19-10-14(22)20-6-1-2-7-20/h3-5,8H,1-2,6-7,9-10H2,(H,19,21). The molecule has 0 bridgehead atoms. The van der Waals surface area contributed by atoms with E-state index in [1.165, 1.54) is 12.1 Å². The molecule has 0 unspecified atom stereocenters. The van der Waals surface area contributed by atoms with Crippen molar-refractivity contribution in [2.24, 2.45) is 0 Å². The van der Waals surface area contributed by atoms with Gasteiger partial charge in [-0.25, -0.2) is 0 Å². The number of amides is 2. The van der Waals surface area contributed by atoms with E-state index in [2.05, 4.69) is 5.32 Å². The monoisotopic (exact) mass is 314 g/mol. The van der Waals surface area contributed by atoms with Crippen LogP contribution in [0, 0.1) is 0 Å². The van der Waals surface area contributed by atoms with Gasteiger partial charge in [-0.15, -0.1) is 0 Å². The first-order valence-electron chi connectivity index (χ1n) is 7.07. The Morgan fingerprint density at radius 1 is 1.18 bits per heavy atom. The van der Waals surface area contributed by atoms with Crippen LogP contribution in [0.4, 0.5) is 13.2 Å². The van der Waals surface area contributed by atoms with Crippen LogP contribution >= 0.6 is 0 Å². The molecule has 1 aromatic carbocycles. The average Bonchev–Trinajstić information content (AvgIpc) is 2.98. The smallest absolute Gasteiger partial charge is 0.347 e. The molecule has 1 aliphatic rings. The third kappa shape index (κ3) is 4.47. The van der Waals surface area contributed by atoms with Crippen LogP contribution in [0.3, 0.4) is 0 Å². The fraction of sp³-hybridized carbons (Fsp3) is 0.467. The Bertz CT molecular complexity index is 552. The lowest BCUT2D eigenvalue weighted by Gasteiger charge is -2.15. The van der Waals surface area contributed by atoms with E-state index in [-0.39, 0.29) is 24.4 Å². The summed E-state index contributed by atoms with van der Waals surface area (Å²) in [6.45, 7) is 1.28. The zero-order valence-electron chi connectivity index (χ0n) is 11.9. The van der Waals surface area contributed by atoms with Crippen LogP contribution in [0.2, 0.25) is 0 Å². The SMILES string of the molecule is O=C(Cc1cccc(C(F)(F)F)c1)NCC(=O)N1CCCC1. The second-order valence-corrected chi connectivity index (χ2v) is 5.24. The summed E-state index contributed by atoms with van der Waals surface area (Å²) in [7, 11) is 0. The van der Waals surface area contributed by atoms with Gasteiger partial charge in [0.05, 0.1) is 18.5 Å². The maximum atomic E-state index is 12.6. The van der Waals surface area contributed by atoms with Gasteiger partial charge in [-0.1, -0.05) is 18.2 Å². The molecule has 22 heavy (non-hydrogen) atoms. The summed E-state index contributed by atoms with van der Waals surface area (Å²) < 4.78 is 37.7. The molecule has 0 aliphatic carbocycles. The summed E-state index contributed by atoms with van der Waals surface area (Å²) in [5, 5.41) is 2.45. The van der Waals surface area contributed by atoms with Crippen LogP contribution in [0.1, 0.15) is 24.0 Å². The first-order chi connectivity index (χ1) is 10.4. The quantitative estimate of drug-likeness (QED) is 0.924. The van der Waals surface area contributed by atoms with Crippen molar-refractivity contribution in [3.8, 4) is 0 Å². The van der Waals surface area contributed by atoms with E-state index in [1.807, 2.05) is 0 Å². The third-order valence-corrected chi connectivity index (χ3v) is 3.51. The van der Waals surface area contributed by atoms with Gasteiger partial charge in [0.25, 0.3) is 0 Å². The van der Waals surface area contributed by atoms with E-state index in [0.717, 1.165) is 25.0 Å². The number of rotatable bonds is 4. The molecular formula is C15H17F3N2O2. The zero-order chi connectivity index (χ0) is 16.2. The Kier molecular flexibility index (Phi) is 5.05. The number of carbonyl (C=O) groups is 2. The van der Waals surface area contributed by atoms with Gasteiger partial charge in [-0.05, 0) is 24.5 Å². The molecule has 1 aromatic rings. The van der Waals surface area contributed by atoms with Gasteiger partial charge in [-0.2, -0.15) is 13.2 Å². The fourth-order valence-corrected chi connectivity index (χ4v) is 2.36. The number of likely N-dealkylation sites (tertiary alicyclic amines) is 1. The number of carbonyl (C=O) groups excluding carboxylic acids is 2. The summed E-state index contributed by atoms with van der Waals surface area (Å²) in [6.07, 6.45) is -2.69. The van der Waals surface area contributed by atoms with Crippen LogP contribution in [0.25, 0.3) is 0 Å². The fourth-order valence-electron chi connectivity index (χ4n) is 2.36. The zero-order valence-corrected chi connectivity index (χ0v) is 11.9. The van der Waals surface area contributed by atoms with Crippen LogP contribution < -0.4 is 5.32 Å². The number of hydrogen-bond acceptors (Lipinski definition) is 2. The normalized spacial score (nSPS) is 15.0. The Labute approximate surface area is 126 Å². The van der Waals surface area contributed by atoms with Crippen LogP contribution in [-0.2, 0) is 22.2 Å². The minimum Gasteiger partial charge on any atom is -0.347 e. The van der Waals surface area contributed by atoms with E-state index in [9.17, 15) is 22.8 Å². The molecule has 1 N–H and O–H groups in total. The van der Waals surface area contributed by atoms with Crippen molar-refractivity contribution in [1.82, 2.24) is 10.2 Å². The highest BCUT2D eigenvalue weighted by atomic mass is 19.4. The van der Waals surface area contributed by atoms with Gasteiger partial charge in [0.15, 0.2) is 0 Å². The van der Waals surface area contributed by atoms with Crippen LogP contribution in [0.15, 0.2) is 24.3 Å². The lowest BCUT2D eigenvalue weighted by Crippen LogP contribution is -2.39. The minimum absolute atomic E-state index is 0.113. The predicted octanol–water partition coefficient (Wildman–Crippen LogP) is 1.99. The Balaban J connectivity index is 1.85. The largest absolute Gasteiger partial charge is 0.416 e. The highest BCUT2D eigenvalue weighted by Crippen LogP contribution is 2.29. The van der Waals surface area contributed by atoms with E-state index in [0.29, 0.717) is 13.1 Å². The summed E-state index contributed by atoms with van der Waals surface area (Å²) >= 11 is 0. The van der Waals surface area contributed by atoms with Crippen molar-refractivity contribution >= 4 is 11.8 Å². The van der Waals surface area contributed by atoms with Crippen molar-refractivity contribution in [3.05, 3.63) is 35.4 Å². The summed E-state index contributed by atoms with van der Waals surface area (Å²) in [5.41, 5.74) is -0.521. The third-order valence-electron chi connectivity index (χ3n) is 3.51. The lowest BCUT2D eigenvalue weighted by atomic mass is 10.1. The van der Waals surface area contributed by atoms with E-state index in [4.69, 9.17) is 0 Å². The van der Waals surface area contributed by atoms with Gasteiger partial charge in [-0.3, -0.25) is 9.59 Å². The van der Waals surface area contributed by atoms with E-state index >= 15 is 0 Å². The maximum absolute atomic E-state index is 12.6. The van der Waals surface area contributed by atoms with Crippen molar-refractivity contribution in [2.45, 2.75) is 25.4 Å². The highest BCUT2D eigenvalue weighted by Gasteiger charge is 2.30. The maximum Gasteiger partial charge on any atom is 0.416 e. The van der Waals surface area contributed by atoms with Crippen LogP contribution in [0.5, 0.6) is 0 Å². The van der Waals surface area contributed by atoms with Gasteiger partial charge in [0, 0.05) is 13.1 Å². The summed E-state index contributed by atoms with van der Waals surface area (Å²) in [5.74, 6) is -0.623. The number of alkyl halides is 3. The molecule has 4 nitrogen and oxygen atoms in total. The number of halogens is 3. The van der Waals surface area contributed by atoms with Crippen molar-refractivity contribution in [1.29, 1.82) is 0 Å². The molecule has 2 rings (SSSR count). The second kappa shape index (κ2) is 6.81. The number of hydrogen-bond donors (Lipinski definition) is 1. The second-order valence-electron chi connectivity index (χ2n) is 5.24. The molecule has 1 fully saturated rings. The van der Waals surface area contributed by atoms with Gasteiger partial charge in [0.2, 0.25) is 11.8 Å². The average molecular weight is 314 g/mol. The molecular weight excluding hydrogens is 297 g/mol. The first-order valence-corrected chi connectivity index (χ1v) is 7.07. The van der Waals surface area contributed by atoms with E-state index in [1.54, 1.807) is 4.90 Å². The molecule has 0 atom stereocenters. The molecule has 0 spiro atoms. The topological polar surface area (TPSA) is 49.4 Å². The molecule has 1 heterocycles. The predicted molar refractivity (Wildman–Crippen MR) is 74.0 cm³/mol. The summed E-state index contributed by atoms with van der Waals surface area (Å²) in [4.78, 5) is 25.2. The number of nitrogens with one attached hydrogen (secondary N) is 1. The van der Waals surface area contributed by atoms with Gasteiger partial charge < -0.3 is 10.2 Å². The van der Waals surface area contributed by atoms with Gasteiger partial charge in [0.1, 0.15) is 0 Å². The minimum atomic E-state index is -4.43. The Morgan fingerprint density at radius 2 is 1.86 bits per heavy atom. The molecule has 0 aromatic heterocycles. The van der Waals surface area contributed by atoms with Crippen molar-refractivity contribution in [2.75, 3.05) is 19.6 Å². The van der Waals surface area contributed by atoms with Gasteiger partial charge >= 0.3 is 6.18 Å². The van der Waals surface area contributed by atoms with Crippen LogP contribution in [-0.4, -0.2) is 36.3 Å². The molecule has 0 radical (unpaired) electrons. The first kappa shape index (κ1) is 16.3. The highest BCUT2D eigenvalue weighted by molar-refractivity contribution is 5.85. The Hall–Kier alpha value is -2.05. The van der Waals surface area contributed by atoms with Crippen molar-refractivity contribution in [3.63, 3.8) is 0 Å². The van der Waals surface area contributed by atoms with E-state index < -0.39 is 17.6 Å². The Morgan fingerprint density at radius 3 is 2.50 bits per heavy atom.